The summed E-state index contributed by atoms with van der Waals surface area (Å²) in [5.74, 6) is 0.592. The molecular formula is C9H6Cl2N2O. The van der Waals surface area contributed by atoms with Gasteiger partial charge in [-0.05, 0) is 11.6 Å². The highest BCUT2D eigenvalue weighted by atomic mass is 35.5. The zero-order valence-electron chi connectivity index (χ0n) is 7.08. The molecule has 14 heavy (non-hydrogen) atoms. The molecule has 1 heterocycles. The van der Waals surface area contributed by atoms with E-state index in [0.717, 1.165) is 5.56 Å². The largest absolute Gasteiger partial charge is 0.343 e. The fourth-order valence-corrected chi connectivity index (χ4v) is 1.51. The summed E-state index contributed by atoms with van der Waals surface area (Å²) in [6.45, 7) is 0. The molecule has 0 radical (unpaired) electrons. The summed E-state index contributed by atoms with van der Waals surface area (Å²) in [5.41, 5.74) is 0.889. The highest BCUT2D eigenvalue weighted by molar-refractivity contribution is 6.42. The Morgan fingerprint density at radius 2 is 2.14 bits per heavy atom. The SMILES string of the molecule is Clc1cccc(Cc2ncon2)c1Cl. The molecule has 0 aliphatic rings. The lowest BCUT2D eigenvalue weighted by atomic mass is 10.1. The van der Waals surface area contributed by atoms with Crippen molar-refractivity contribution in [3.63, 3.8) is 0 Å². The Morgan fingerprint density at radius 3 is 2.86 bits per heavy atom. The Hall–Kier alpha value is -1.06. The van der Waals surface area contributed by atoms with Gasteiger partial charge in [0.1, 0.15) is 0 Å². The van der Waals surface area contributed by atoms with E-state index >= 15 is 0 Å². The fraction of sp³-hybridized carbons (Fsp3) is 0.111. The number of rotatable bonds is 2. The van der Waals surface area contributed by atoms with Crippen LogP contribution in [0.5, 0.6) is 0 Å². The van der Waals surface area contributed by atoms with Gasteiger partial charge in [0.05, 0.1) is 10.0 Å². The average molecular weight is 229 g/mol. The van der Waals surface area contributed by atoms with Crippen LogP contribution in [0.3, 0.4) is 0 Å². The van der Waals surface area contributed by atoms with E-state index in [9.17, 15) is 0 Å². The predicted octanol–water partition coefficient (Wildman–Crippen LogP) is 2.97. The molecule has 0 unspecified atom stereocenters. The van der Waals surface area contributed by atoms with Gasteiger partial charge in [-0.15, -0.1) is 0 Å². The standard InChI is InChI=1S/C9H6Cl2N2O/c10-7-3-1-2-6(9(7)11)4-8-12-5-14-13-8/h1-3,5H,4H2. The van der Waals surface area contributed by atoms with Crippen molar-refractivity contribution < 1.29 is 4.52 Å². The summed E-state index contributed by atoms with van der Waals surface area (Å²) in [7, 11) is 0. The van der Waals surface area contributed by atoms with Gasteiger partial charge in [0.2, 0.25) is 6.39 Å². The van der Waals surface area contributed by atoms with Crippen molar-refractivity contribution >= 4 is 23.2 Å². The van der Waals surface area contributed by atoms with Gasteiger partial charge in [-0.1, -0.05) is 40.5 Å². The van der Waals surface area contributed by atoms with Crippen LogP contribution in [0.15, 0.2) is 29.1 Å². The van der Waals surface area contributed by atoms with Crippen molar-refractivity contribution in [2.45, 2.75) is 6.42 Å². The van der Waals surface area contributed by atoms with Crippen molar-refractivity contribution in [3.05, 3.63) is 46.0 Å². The third-order valence-electron chi connectivity index (χ3n) is 1.79. The molecule has 0 amide bonds. The van der Waals surface area contributed by atoms with E-state index in [4.69, 9.17) is 23.2 Å². The number of aromatic nitrogens is 2. The van der Waals surface area contributed by atoms with Crippen LogP contribution in [-0.2, 0) is 6.42 Å². The lowest BCUT2D eigenvalue weighted by Crippen LogP contribution is -1.91. The molecule has 3 nitrogen and oxygen atoms in total. The highest BCUT2D eigenvalue weighted by Gasteiger charge is 2.07. The van der Waals surface area contributed by atoms with Crippen LogP contribution in [-0.4, -0.2) is 10.1 Å². The fourth-order valence-electron chi connectivity index (χ4n) is 1.13. The number of nitrogens with zero attached hydrogens (tertiary/aromatic N) is 2. The molecule has 72 valence electrons. The Morgan fingerprint density at radius 1 is 1.29 bits per heavy atom. The van der Waals surface area contributed by atoms with Crippen molar-refractivity contribution in [2.75, 3.05) is 0 Å². The molecule has 0 saturated heterocycles. The minimum atomic E-state index is 0.524. The second-order valence-electron chi connectivity index (χ2n) is 2.74. The van der Waals surface area contributed by atoms with E-state index in [0.29, 0.717) is 22.3 Å². The van der Waals surface area contributed by atoms with Crippen LogP contribution < -0.4 is 0 Å². The number of hydrogen-bond donors (Lipinski definition) is 0. The zero-order valence-corrected chi connectivity index (χ0v) is 8.59. The van der Waals surface area contributed by atoms with E-state index in [1.54, 1.807) is 6.07 Å². The topological polar surface area (TPSA) is 38.9 Å². The molecule has 0 fully saturated rings. The van der Waals surface area contributed by atoms with E-state index in [-0.39, 0.29) is 0 Å². The second kappa shape index (κ2) is 3.98. The number of hydrogen-bond acceptors (Lipinski definition) is 3. The third kappa shape index (κ3) is 1.89. The van der Waals surface area contributed by atoms with Crippen LogP contribution >= 0.6 is 23.2 Å². The summed E-state index contributed by atoms with van der Waals surface area (Å²) in [6, 6.07) is 5.46. The first kappa shape index (κ1) is 9.49. The maximum Gasteiger partial charge on any atom is 0.213 e. The summed E-state index contributed by atoms with van der Waals surface area (Å²) in [4.78, 5) is 3.90. The van der Waals surface area contributed by atoms with Crippen LogP contribution in [0, 0.1) is 0 Å². The quantitative estimate of drug-likeness (QED) is 0.794. The number of benzene rings is 1. The predicted molar refractivity (Wildman–Crippen MR) is 53.6 cm³/mol. The van der Waals surface area contributed by atoms with Gasteiger partial charge < -0.3 is 4.52 Å². The molecule has 0 atom stereocenters. The molecular weight excluding hydrogens is 223 g/mol. The molecule has 1 aromatic carbocycles. The molecule has 0 N–H and O–H groups in total. The lowest BCUT2D eigenvalue weighted by molar-refractivity contribution is 0.411. The van der Waals surface area contributed by atoms with Crippen molar-refractivity contribution in [2.24, 2.45) is 0 Å². The smallest absolute Gasteiger partial charge is 0.213 e. The summed E-state index contributed by atoms with van der Waals surface area (Å²) >= 11 is 11.8. The highest BCUT2D eigenvalue weighted by Crippen LogP contribution is 2.26. The molecule has 0 spiro atoms. The van der Waals surface area contributed by atoms with Crippen molar-refractivity contribution in [3.8, 4) is 0 Å². The normalized spacial score (nSPS) is 10.4. The minimum Gasteiger partial charge on any atom is -0.343 e. The summed E-state index contributed by atoms with van der Waals surface area (Å²) in [5, 5.41) is 4.77. The average Bonchev–Trinajstić information content (AvgIpc) is 2.66. The van der Waals surface area contributed by atoms with Crippen LogP contribution in [0.25, 0.3) is 0 Å². The number of halogens is 2. The summed E-state index contributed by atoms with van der Waals surface area (Å²) < 4.78 is 4.62. The van der Waals surface area contributed by atoms with Gasteiger partial charge in [-0.2, -0.15) is 4.98 Å². The first-order chi connectivity index (χ1) is 6.77. The van der Waals surface area contributed by atoms with E-state index in [1.807, 2.05) is 12.1 Å². The van der Waals surface area contributed by atoms with Crippen LogP contribution in [0.4, 0.5) is 0 Å². The molecule has 0 bridgehead atoms. The zero-order chi connectivity index (χ0) is 9.97. The van der Waals surface area contributed by atoms with Crippen molar-refractivity contribution in [1.29, 1.82) is 0 Å². The molecule has 5 heteroatoms. The van der Waals surface area contributed by atoms with Gasteiger partial charge in [-0.25, -0.2) is 0 Å². The van der Waals surface area contributed by atoms with Crippen LogP contribution in [0.2, 0.25) is 10.0 Å². The Kier molecular flexibility index (Phi) is 2.70. The molecule has 0 saturated carbocycles. The summed E-state index contributed by atoms with van der Waals surface area (Å²) in [6.07, 6.45) is 1.81. The maximum atomic E-state index is 5.99. The van der Waals surface area contributed by atoms with Gasteiger partial charge in [0.15, 0.2) is 5.82 Å². The molecule has 1 aromatic heterocycles. The van der Waals surface area contributed by atoms with E-state index in [1.165, 1.54) is 6.39 Å². The second-order valence-corrected chi connectivity index (χ2v) is 3.52. The Labute approximate surface area is 90.6 Å². The lowest BCUT2D eigenvalue weighted by Gasteiger charge is -2.01. The molecule has 0 aliphatic heterocycles. The van der Waals surface area contributed by atoms with Crippen molar-refractivity contribution in [1.82, 2.24) is 10.1 Å². The molecule has 2 rings (SSSR count). The molecule has 0 aliphatic carbocycles. The van der Waals surface area contributed by atoms with Gasteiger partial charge in [0, 0.05) is 6.42 Å². The monoisotopic (exact) mass is 228 g/mol. The van der Waals surface area contributed by atoms with Gasteiger partial charge in [-0.3, -0.25) is 0 Å². The first-order valence-electron chi connectivity index (χ1n) is 3.95. The van der Waals surface area contributed by atoms with Gasteiger partial charge >= 0.3 is 0 Å². The van der Waals surface area contributed by atoms with E-state index < -0.39 is 0 Å². The Balaban J connectivity index is 2.29. The van der Waals surface area contributed by atoms with Gasteiger partial charge in [0.25, 0.3) is 0 Å². The minimum absolute atomic E-state index is 0.524. The van der Waals surface area contributed by atoms with Crippen LogP contribution in [0.1, 0.15) is 11.4 Å². The third-order valence-corrected chi connectivity index (χ3v) is 2.65. The molecule has 2 aromatic rings. The Bertz CT molecular complexity index is 428. The first-order valence-corrected chi connectivity index (χ1v) is 4.71. The maximum absolute atomic E-state index is 5.99. The van der Waals surface area contributed by atoms with E-state index in [2.05, 4.69) is 14.7 Å².